The lowest BCUT2D eigenvalue weighted by atomic mass is 9.95. The second-order valence-electron chi connectivity index (χ2n) is 7.29. The number of aryl methyl sites for hydroxylation is 1. The van der Waals surface area contributed by atoms with Gasteiger partial charge in [0.25, 0.3) is 0 Å². The molecule has 0 fully saturated rings. The van der Waals surface area contributed by atoms with Gasteiger partial charge in [-0.2, -0.15) is 0 Å². The van der Waals surface area contributed by atoms with E-state index in [-0.39, 0.29) is 18.3 Å². The van der Waals surface area contributed by atoms with Gasteiger partial charge in [0, 0.05) is 29.7 Å². The third kappa shape index (κ3) is 4.37. The van der Waals surface area contributed by atoms with Gasteiger partial charge in [0.2, 0.25) is 0 Å². The van der Waals surface area contributed by atoms with Crippen molar-refractivity contribution < 1.29 is 19.4 Å². The molecule has 0 saturated heterocycles. The van der Waals surface area contributed by atoms with E-state index in [0.717, 1.165) is 27.9 Å². The highest BCUT2D eigenvalue weighted by Crippen LogP contribution is 2.40. The number of carbonyl (C=O) groups is 1. The van der Waals surface area contributed by atoms with Crippen LogP contribution >= 0.6 is 0 Å². The molecular formula is C24H26O4. The molecule has 4 heteroatoms. The number of carboxylic acids is 1. The Morgan fingerprint density at radius 1 is 1.39 bits per heavy atom. The molecule has 3 atom stereocenters. The molecule has 4 nitrogen and oxygen atoms in total. The number of hydrogen-bond acceptors (Lipinski definition) is 3. The highest BCUT2D eigenvalue weighted by Gasteiger charge is 2.24. The van der Waals surface area contributed by atoms with Gasteiger partial charge in [-0.3, -0.25) is 4.79 Å². The number of fused-ring (bicyclic) bond motifs is 3. The highest BCUT2D eigenvalue weighted by atomic mass is 16.4. The van der Waals surface area contributed by atoms with Crippen molar-refractivity contribution in [1.29, 1.82) is 0 Å². The lowest BCUT2D eigenvalue weighted by molar-refractivity contribution is -0.137. The first kappa shape index (κ1) is 20.0. The number of aliphatic hydroxyl groups is 1. The first-order chi connectivity index (χ1) is 13.5. The molecule has 1 unspecified atom stereocenters. The summed E-state index contributed by atoms with van der Waals surface area (Å²) < 4.78 is 6.09. The van der Waals surface area contributed by atoms with Crippen molar-refractivity contribution in [2.75, 3.05) is 0 Å². The predicted molar refractivity (Wildman–Crippen MR) is 111 cm³/mol. The number of rotatable bonds is 8. The molecule has 2 N–H and O–H groups in total. The van der Waals surface area contributed by atoms with Crippen molar-refractivity contribution in [2.45, 2.75) is 51.6 Å². The van der Waals surface area contributed by atoms with Gasteiger partial charge in [-0.15, -0.1) is 11.8 Å². The highest BCUT2D eigenvalue weighted by molar-refractivity contribution is 5.90. The first-order valence-electron chi connectivity index (χ1n) is 9.71. The molecular weight excluding hydrogens is 352 g/mol. The molecule has 0 spiro atoms. The topological polar surface area (TPSA) is 70.7 Å². The lowest BCUT2D eigenvalue weighted by Gasteiger charge is -2.13. The monoisotopic (exact) mass is 378 g/mol. The van der Waals surface area contributed by atoms with Crippen LogP contribution in [-0.2, 0) is 11.2 Å². The molecule has 1 aromatic heterocycles. The Morgan fingerprint density at radius 3 is 2.96 bits per heavy atom. The average molecular weight is 378 g/mol. The van der Waals surface area contributed by atoms with Crippen molar-refractivity contribution in [2.24, 2.45) is 5.92 Å². The largest absolute Gasteiger partial charge is 0.481 e. The molecule has 0 saturated carbocycles. The van der Waals surface area contributed by atoms with Gasteiger partial charge < -0.3 is 14.6 Å². The van der Waals surface area contributed by atoms with Crippen LogP contribution in [0.2, 0.25) is 0 Å². The normalized spacial score (nSPS) is 17.5. The minimum absolute atomic E-state index is 0.0598. The zero-order valence-corrected chi connectivity index (χ0v) is 16.3. The van der Waals surface area contributed by atoms with Crippen LogP contribution in [0.3, 0.4) is 0 Å². The van der Waals surface area contributed by atoms with Gasteiger partial charge in [-0.05, 0) is 37.3 Å². The Labute approximate surface area is 165 Å². The summed E-state index contributed by atoms with van der Waals surface area (Å²) in [4.78, 5) is 10.8. The number of benzene rings is 1. The van der Waals surface area contributed by atoms with Crippen LogP contribution < -0.4 is 0 Å². The van der Waals surface area contributed by atoms with E-state index in [1.807, 2.05) is 43.4 Å². The summed E-state index contributed by atoms with van der Waals surface area (Å²) in [5.41, 5.74) is 2.99. The molecule has 28 heavy (non-hydrogen) atoms. The van der Waals surface area contributed by atoms with Gasteiger partial charge in [0.1, 0.15) is 11.3 Å². The summed E-state index contributed by atoms with van der Waals surface area (Å²) in [7, 11) is 0. The molecule has 1 heterocycles. The van der Waals surface area contributed by atoms with E-state index >= 15 is 0 Å². The van der Waals surface area contributed by atoms with Crippen LogP contribution in [-0.4, -0.2) is 22.3 Å². The maximum Gasteiger partial charge on any atom is 0.303 e. The molecule has 1 aliphatic carbocycles. The van der Waals surface area contributed by atoms with E-state index in [1.54, 1.807) is 6.92 Å². The van der Waals surface area contributed by atoms with Crippen molar-refractivity contribution in [3.8, 4) is 11.8 Å². The molecule has 0 aliphatic heterocycles. The lowest BCUT2D eigenvalue weighted by Crippen LogP contribution is -2.14. The van der Waals surface area contributed by atoms with Gasteiger partial charge in [-0.25, -0.2) is 0 Å². The van der Waals surface area contributed by atoms with Crippen molar-refractivity contribution in [3.63, 3.8) is 0 Å². The number of furan rings is 1. The second kappa shape index (κ2) is 8.95. The number of hydrogen-bond donors (Lipinski definition) is 2. The molecule has 0 radical (unpaired) electrons. The predicted octanol–water partition coefficient (Wildman–Crippen LogP) is 4.92. The summed E-state index contributed by atoms with van der Waals surface area (Å²) >= 11 is 0. The summed E-state index contributed by atoms with van der Waals surface area (Å²) in [5.74, 6) is 6.08. The number of aliphatic hydroxyl groups excluding tert-OH is 1. The van der Waals surface area contributed by atoms with Crippen molar-refractivity contribution in [3.05, 3.63) is 53.3 Å². The van der Waals surface area contributed by atoms with Crippen LogP contribution in [0.1, 0.15) is 55.9 Å². The quantitative estimate of drug-likeness (QED) is 0.505. The van der Waals surface area contributed by atoms with E-state index in [2.05, 4.69) is 17.9 Å². The smallest absolute Gasteiger partial charge is 0.303 e. The van der Waals surface area contributed by atoms with E-state index in [4.69, 9.17) is 9.52 Å². The second-order valence-corrected chi connectivity index (χ2v) is 7.29. The number of carboxylic acid groups (broad SMARTS) is 1. The number of allylic oxidation sites excluding steroid dienone is 2. The molecule has 0 amide bonds. The molecule has 2 aromatic rings. The standard InChI is InChI=1S/C24H26O4/c1-3-4-7-16(2)20(25)14-12-17-13-15-21-23(17)19-10-5-8-18(24(19)28-21)9-6-11-22(26)27/h5,8,10,12-17,20,25H,6-7,9,11H2,1-2H3,(H,26,27)/b14-12+/t16-,17?,20+/m0/s1. The van der Waals surface area contributed by atoms with E-state index < -0.39 is 12.1 Å². The van der Waals surface area contributed by atoms with E-state index in [1.165, 1.54) is 0 Å². The molecule has 0 bridgehead atoms. The van der Waals surface area contributed by atoms with E-state index in [9.17, 15) is 9.90 Å². The molecule has 146 valence electrons. The van der Waals surface area contributed by atoms with Gasteiger partial charge in [-0.1, -0.05) is 43.4 Å². The molecule has 1 aliphatic rings. The Kier molecular flexibility index (Phi) is 6.38. The van der Waals surface area contributed by atoms with Crippen LogP contribution in [0.15, 0.2) is 40.8 Å². The fourth-order valence-corrected chi connectivity index (χ4v) is 3.56. The first-order valence-corrected chi connectivity index (χ1v) is 9.71. The van der Waals surface area contributed by atoms with Gasteiger partial charge >= 0.3 is 5.97 Å². The Morgan fingerprint density at radius 2 is 2.21 bits per heavy atom. The molecule has 3 rings (SSSR count). The van der Waals surface area contributed by atoms with Gasteiger partial charge in [0.05, 0.1) is 6.10 Å². The minimum Gasteiger partial charge on any atom is -0.481 e. The van der Waals surface area contributed by atoms with Crippen molar-refractivity contribution in [1.82, 2.24) is 0 Å². The summed E-state index contributed by atoms with van der Waals surface area (Å²) in [6, 6.07) is 6.04. The third-order valence-electron chi connectivity index (χ3n) is 5.19. The Hall–Kier alpha value is -2.77. The minimum atomic E-state index is -0.778. The van der Waals surface area contributed by atoms with Crippen LogP contribution in [0.4, 0.5) is 0 Å². The fourth-order valence-electron chi connectivity index (χ4n) is 3.56. The maximum atomic E-state index is 10.8. The maximum absolute atomic E-state index is 10.8. The summed E-state index contributed by atoms with van der Waals surface area (Å²) in [6.07, 6.45) is 9.47. The molecule has 1 aromatic carbocycles. The fraction of sp³-hybridized carbons (Fsp3) is 0.375. The number of para-hydroxylation sites is 1. The summed E-state index contributed by atoms with van der Waals surface area (Å²) in [6.45, 7) is 3.80. The average Bonchev–Trinajstić information content (AvgIpc) is 3.24. The SMILES string of the molecule is CC#CC[C@H](C)[C@H](O)/C=C/C1C=Cc2oc3c(CCCC(=O)O)cccc3c21. The van der Waals surface area contributed by atoms with Crippen molar-refractivity contribution >= 4 is 23.0 Å². The van der Waals surface area contributed by atoms with Crippen LogP contribution in [0, 0.1) is 17.8 Å². The third-order valence-corrected chi connectivity index (χ3v) is 5.19. The Bertz CT molecular complexity index is 968. The zero-order valence-electron chi connectivity index (χ0n) is 16.3. The van der Waals surface area contributed by atoms with Crippen LogP contribution in [0.5, 0.6) is 0 Å². The van der Waals surface area contributed by atoms with Gasteiger partial charge in [0.15, 0.2) is 0 Å². The number of aliphatic carboxylic acids is 1. The van der Waals surface area contributed by atoms with E-state index in [0.29, 0.717) is 19.3 Å². The van der Waals surface area contributed by atoms with Crippen LogP contribution in [0.25, 0.3) is 17.0 Å². The summed E-state index contributed by atoms with van der Waals surface area (Å²) in [5, 5.41) is 20.3. The Balaban J connectivity index is 1.80. The zero-order chi connectivity index (χ0) is 20.1.